The number of hydrogen-bond acceptors (Lipinski definition) is 4. The second kappa shape index (κ2) is 6.11. The number of alkyl carbamates (subject to hydrolysis) is 1. The van der Waals surface area contributed by atoms with Crippen LogP contribution >= 0.6 is 0 Å². The predicted molar refractivity (Wildman–Crippen MR) is 89.8 cm³/mol. The van der Waals surface area contributed by atoms with Gasteiger partial charge < -0.3 is 14.8 Å². The molecule has 0 bridgehead atoms. The summed E-state index contributed by atoms with van der Waals surface area (Å²) in [7, 11) is 0. The van der Waals surface area contributed by atoms with Gasteiger partial charge in [0.15, 0.2) is 0 Å². The summed E-state index contributed by atoms with van der Waals surface area (Å²) in [6, 6.07) is 8.16. The van der Waals surface area contributed by atoms with Crippen LogP contribution in [0.5, 0.6) is 0 Å². The summed E-state index contributed by atoms with van der Waals surface area (Å²) in [6.07, 6.45) is 2.88. The smallest absolute Gasteiger partial charge is 0.407 e. The van der Waals surface area contributed by atoms with Gasteiger partial charge in [0.2, 0.25) is 0 Å². The maximum absolute atomic E-state index is 11.9. The lowest BCUT2D eigenvalue weighted by atomic mass is 9.92. The van der Waals surface area contributed by atoms with Crippen molar-refractivity contribution in [1.29, 1.82) is 0 Å². The van der Waals surface area contributed by atoms with Crippen molar-refractivity contribution in [3.05, 3.63) is 35.4 Å². The van der Waals surface area contributed by atoms with Crippen LogP contribution < -0.4 is 5.32 Å². The first-order valence-corrected chi connectivity index (χ1v) is 8.50. The summed E-state index contributed by atoms with van der Waals surface area (Å²) in [4.78, 5) is 23.2. The number of carbonyl (C=O) groups is 2. The van der Waals surface area contributed by atoms with Crippen LogP contribution in [-0.2, 0) is 20.7 Å². The van der Waals surface area contributed by atoms with Crippen molar-refractivity contribution in [2.75, 3.05) is 6.61 Å². The molecule has 1 aliphatic carbocycles. The SMILES string of the molecule is CC(C)(C)OC(=O)Cc1ccc([C@@H]2CC[C@]3(COC(=O)N3)C2)cc1. The normalized spacial score (nSPS) is 26.3. The number of cyclic esters (lactones) is 1. The second-order valence-corrected chi connectivity index (χ2v) is 7.93. The van der Waals surface area contributed by atoms with Gasteiger partial charge in [-0.3, -0.25) is 4.79 Å². The van der Waals surface area contributed by atoms with Gasteiger partial charge in [-0.25, -0.2) is 4.79 Å². The van der Waals surface area contributed by atoms with E-state index >= 15 is 0 Å². The first-order chi connectivity index (χ1) is 11.2. The molecule has 1 heterocycles. The molecule has 5 nitrogen and oxygen atoms in total. The fourth-order valence-corrected chi connectivity index (χ4v) is 3.60. The average Bonchev–Trinajstić information content (AvgIpc) is 3.05. The van der Waals surface area contributed by atoms with E-state index < -0.39 is 5.60 Å². The highest BCUT2D eigenvalue weighted by Gasteiger charge is 2.45. The molecule has 0 unspecified atom stereocenters. The van der Waals surface area contributed by atoms with Gasteiger partial charge in [0.05, 0.1) is 12.0 Å². The quantitative estimate of drug-likeness (QED) is 0.863. The Hall–Kier alpha value is -2.04. The third-order valence-electron chi connectivity index (χ3n) is 4.67. The molecule has 2 atom stereocenters. The molecule has 1 aromatic carbocycles. The van der Waals surface area contributed by atoms with Crippen LogP contribution in [0.1, 0.15) is 57.1 Å². The number of carbonyl (C=O) groups excluding carboxylic acids is 2. The predicted octanol–water partition coefficient (Wildman–Crippen LogP) is 3.32. The molecule has 1 saturated heterocycles. The van der Waals surface area contributed by atoms with Crippen molar-refractivity contribution in [3.8, 4) is 0 Å². The summed E-state index contributed by atoms with van der Waals surface area (Å²) in [6.45, 7) is 6.08. The van der Waals surface area contributed by atoms with Crippen molar-refractivity contribution >= 4 is 12.1 Å². The largest absolute Gasteiger partial charge is 0.460 e. The van der Waals surface area contributed by atoms with Crippen LogP contribution in [0.2, 0.25) is 0 Å². The minimum absolute atomic E-state index is 0.184. The molecular weight excluding hydrogens is 306 g/mol. The van der Waals surface area contributed by atoms with Gasteiger partial charge in [0.25, 0.3) is 0 Å². The lowest BCUT2D eigenvalue weighted by molar-refractivity contribution is -0.153. The van der Waals surface area contributed by atoms with E-state index in [-0.39, 0.29) is 24.0 Å². The van der Waals surface area contributed by atoms with Crippen LogP contribution in [0, 0.1) is 0 Å². The molecule has 3 rings (SSSR count). The summed E-state index contributed by atoms with van der Waals surface area (Å²) in [5, 5.41) is 2.97. The maximum atomic E-state index is 11.9. The van der Waals surface area contributed by atoms with E-state index in [0.717, 1.165) is 24.8 Å². The topological polar surface area (TPSA) is 64.6 Å². The molecular formula is C19H25NO4. The monoisotopic (exact) mass is 331 g/mol. The van der Waals surface area contributed by atoms with E-state index in [0.29, 0.717) is 12.5 Å². The number of amides is 1. The first kappa shape index (κ1) is 16.8. The Morgan fingerprint density at radius 3 is 2.62 bits per heavy atom. The minimum Gasteiger partial charge on any atom is -0.460 e. The van der Waals surface area contributed by atoms with Crippen molar-refractivity contribution in [3.63, 3.8) is 0 Å². The standard InChI is InChI=1S/C19H25NO4/c1-18(2,3)24-16(21)10-13-4-6-14(7-5-13)15-8-9-19(11-15)12-23-17(22)20-19/h4-7,15H,8-12H2,1-3H3,(H,20,22)/t15-,19-/m1/s1. The number of benzene rings is 1. The number of hydrogen-bond donors (Lipinski definition) is 1. The van der Waals surface area contributed by atoms with Crippen LogP contribution in [0.3, 0.4) is 0 Å². The molecule has 1 spiro atoms. The average molecular weight is 331 g/mol. The Bertz CT molecular complexity index is 632. The van der Waals surface area contributed by atoms with Gasteiger partial charge in [0.1, 0.15) is 12.2 Å². The van der Waals surface area contributed by atoms with Gasteiger partial charge in [-0.2, -0.15) is 0 Å². The Kier molecular flexibility index (Phi) is 4.28. The van der Waals surface area contributed by atoms with Gasteiger partial charge in [-0.05, 0) is 57.1 Å². The molecule has 5 heteroatoms. The van der Waals surface area contributed by atoms with E-state index in [1.807, 2.05) is 32.9 Å². The zero-order valence-electron chi connectivity index (χ0n) is 14.6. The summed E-state index contributed by atoms with van der Waals surface area (Å²) < 4.78 is 10.4. The number of esters is 1. The van der Waals surface area contributed by atoms with E-state index in [4.69, 9.17) is 9.47 Å². The molecule has 0 aromatic heterocycles. The molecule has 0 radical (unpaired) electrons. The highest BCUT2D eigenvalue weighted by atomic mass is 16.6. The highest BCUT2D eigenvalue weighted by molar-refractivity contribution is 5.73. The van der Waals surface area contributed by atoms with Crippen LogP contribution in [0.25, 0.3) is 0 Å². The van der Waals surface area contributed by atoms with E-state index in [2.05, 4.69) is 17.4 Å². The number of ether oxygens (including phenoxy) is 2. The Labute approximate surface area is 142 Å². The molecule has 1 aliphatic heterocycles. The van der Waals surface area contributed by atoms with E-state index in [9.17, 15) is 9.59 Å². The molecule has 24 heavy (non-hydrogen) atoms. The lowest BCUT2D eigenvalue weighted by Crippen LogP contribution is -2.40. The number of rotatable bonds is 3. The van der Waals surface area contributed by atoms with Crippen molar-refractivity contribution in [1.82, 2.24) is 5.32 Å². The third kappa shape index (κ3) is 3.89. The van der Waals surface area contributed by atoms with Crippen LogP contribution in [0.4, 0.5) is 4.79 Å². The van der Waals surface area contributed by atoms with Gasteiger partial charge in [0, 0.05) is 0 Å². The molecule has 130 valence electrons. The van der Waals surface area contributed by atoms with Crippen molar-refractivity contribution in [2.45, 2.75) is 63.5 Å². The zero-order valence-corrected chi connectivity index (χ0v) is 14.6. The zero-order chi connectivity index (χ0) is 17.4. The van der Waals surface area contributed by atoms with Crippen molar-refractivity contribution in [2.24, 2.45) is 0 Å². The van der Waals surface area contributed by atoms with Gasteiger partial charge in [-0.15, -0.1) is 0 Å². The summed E-state index contributed by atoms with van der Waals surface area (Å²) in [5.74, 6) is 0.212. The Morgan fingerprint density at radius 1 is 1.33 bits per heavy atom. The Balaban J connectivity index is 1.59. The molecule has 2 fully saturated rings. The first-order valence-electron chi connectivity index (χ1n) is 8.50. The summed E-state index contributed by atoms with van der Waals surface area (Å²) in [5.41, 5.74) is 1.57. The molecule has 2 aliphatic rings. The molecule has 1 N–H and O–H groups in total. The third-order valence-corrected chi connectivity index (χ3v) is 4.67. The molecule has 1 amide bonds. The maximum Gasteiger partial charge on any atom is 0.407 e. The van der Waals surface area contributed by atoms with Gasteiger partial charge >= 0.3 is 12.1 Å². The van der Waals surface area contributed by atoms with E-state index in [1.54, 1.807) is 0 Å². The summed E-state index contributed by atoms with van der Waals surface area (Å²) >= 11 is 0. The fourth-order valence-electron chi connectivity index (χ4n) is 3.60. The molecule has 1 aromatic rings. The second-order valence-electron chi connectivity index (χ2n) is 7.93. The lowest BCUT2D eigenvalue weighted by Gasteiger charge is -2.20. The molecule has 1 saturated carbocycles. The highest BCUT2D eigenvalue weighted by Crippen LogP contribution is 2.42. The van der Waals surface area contributed by atoms with Crippen LogP contribution in [0.15, 0.2) is 24.3 Å². The van der Waals surface area contributed by atoms with Crippen LogP contribution in [-0.4, -0.2) is 29.8 Å². The number of nitrogens with one attached hydrogen (secondary N) is 1. The van der Waals surface area contributed by atoms with Gasteiger partial charge in [-0.1, -0.05) is 24.3 Å². The fraction of sp³-hybridized carbons (Fsp3) is 0.579. The van der Waals surface area contributed by atoms with E-state index in [1.165, 1.54) is 5.56 Å². The Morgan fingerprint density at radius 2 is 2.04 bits per heavy atom. The minimum atomic E-state index is -0.455. The van der Waals surface area contributed by atoms with Crippen molar-refractivity contribution < 1.29 is 19.1 Å².